The standard InChI is InChI=1S/C18H28N2O3/c1-20(18(21)7-4-14-8-10-19-11-9-14)13-15-5-6-16(22-2)12-17(15)23-3/h5-6,12,14,19H,4,7-11,13H2,1-3H3. The maximum absolute atomic E-state index is 12.4. The van der Waals surface area contributed by atoms with Crippen molar-refractivity contribution in [2.75, 3.05) is 34.4 Å². The second-order valence-corrected chi connectivity index (χ2v) is 6.16. The van der Waals surface area contributed by atoms with Crippen LogP contribution in [0, 0.1) is 5.92 Å². The summed E-state index contributed by atoms with van der Waals surface area (Å²) in [4.78, 5) is 14.1. The zero-order chi connectivity index (χ0) is 16.7. The molecular weight excluding hydrogens is 292 g/mol. The molecule has 1 saturated heterocycles. The van der Waals surface area contributed by atoms with Crippen molar-refractivity contribution in [1.29, 1.82) is 0 Å². The first-order chi connectivity index (χ1) is 11.1. The number of carbonyl (C=O) groups excluding carboxylic acids is 1. The van der Waals surface area contributed by atoms with Crippen LogP contribution in [0.5, 0.6) is 11.5 Å². The van der Waals surface area contributed by atoms with E-state index in [1.54, 1.807) is 19.1 Å². The van der Waals surface area contributed by atoms with Crippen LogP contribution in [0.15, 0.2) is 18.2 Å². The molecule has 0 saturated carbocycles. The number of nitrogens with one attached hydrogen (secondary N) is 1. The molecule has 128 valence electrons. The van der Waals surface area contributed by atoms with Gasteiger partial charge in [-0.3, -0.25) is 4.79 Å². The van der Waals surface area contributed by atoms with Gasteiger partial charge in [0.15, 0.2) is 0 Å². The predicted octanol–water partition coefficient (Wildman–Crippen LogP) is 2.44. The molecule has 5 heteroatoms. The van der Waals surface area contributed by atoms with Crippen LogP contribution in [0.4, 0.5) is 0 Å². The quantitative estimate of drug-likeness (QED) is 0.838. The van der Waals surface area contributed by atoms with Gasteiger partial charge in [-0.15, -0.1) is 0 Å². The predicted molar refractivity (Wildman–Crippen MR) is 90.8 cm³/mol. The second kappa shape index (κ2) is 8.77. The van der Waals surface area contributed by atoms with E-state index in [0.717, 1.165) is 36.6 Å². The third kappa shape index (κ3) is 5.13. The summed E-state index contributed by atoms with van der Waals surface area (Å²) in [6.07, 6.45) is 3.98. The van der Waals surface area contributed by atoms with Crippen molar-refractivity contribution >= 4 is 5.91 Å². The maximum Gasteiger partial charge on any atom is 0.222 e. The van der Waals surface area contributed by atoms with Crippen LogP contribution in [0.25, 0.3) is 0 Å². The van der Waals surface area contributed by atoms with Crippen molar-refractivity contribution in [3.8, 4) is 11.5 Å². The first-order valence-corrected chi connectivity index (χ1v) is 8.29. The smallest absolute Gasteiger partial charge is 0.222 e. The molecular formula is C18H28N2O3. The van der Waals surface area contributed by atoms with Gasteiger partial charge in [-0.05, 0) is 50.4 Å². The van der Waals surface area contributed by atoms with Crippen LogP contribution in [-0.4, -0.2) is 45.2 Å². The van der Waals surface area contributed by atoms with E-state index < -0.39 is 0 Å². The largest absolute Gasteiger partial charge is 0.497 e. The molecule has 1 fully saturated rings. The van der Waals surface area contributed by atoms with Gasteiger partial charge in [-0.1, -0.05) is 0 Å². The van der Waals surface area contributed by atoms with Gasteiger partial charge in [0.2, 0.25) is 5.91 Å². The van der Waals surface area contributed by atoms with E-state index in [0.29, 0.717) is 18.9 Å². The van der Waals surface area contributed by atoms with Crippen LogP contribution >= 0.6 is 0 Å². The molecule has 0 bridgehead atoms. The Hall–Kier alpha value is -1.75. The van der Waals surface area contributed by atoms with Gasteiger partial charge in [0.05, 0.1) is 14.2 Å². The third-order valence-corrected chi connectivity index (χ3v) is 4.55. The Balaban J connectivity index is 1.87. The first kappa shape index (κ1) is 17.6. The minimum Gasteiger partial charge on any atom is -0.497 e. The molecule has 2 rings (SSSR count). The average Bonchev–Trinajstić information content (AvgIpc) is 2.60. The molecule has 0 radical (unpaired) electrons. The highest BCUT2D eigenvalue weighted by molar-refractivity contribution is 5.76. The Morgan fingerprint density at radius 2 is 2.00 bits per heavy atom. The second-order valence-electron chi connectivity index (χ2n) is 6.16. The summed E-state index contributed by atoms with van der Waals surface area (Å²) in [5.74, 6) is 2.39. The summed E-state index contributed by atoms with van der Waals surface area (Å²) in [5.41, 5.74) is 0.992. The van der Waals surface area contributed by atoms with E-state index in [1.165, 1.54) is 12.8 Å². The number of hydrogen-bond donors (Lipinski definition) is 1. The SMILES string of the molecule is COc1ccc(CN(C)C(=O)CCC2CCNCC2)c(OC)c1. The molecule has 1 aliphatic rings. The number of ether oxygens (including phenoxy) is 2. The minimum atomic E-state index is 0.196. The van der Waals surface area contributed by atoms with Crippen molar-refractivity contribution in [3.63, 3.8) is 0 Å². The summed E-state index contributed by atoms with van der Waals surface area (Å²) >= 11 is 0. The van der Waals surface area contributed by atoms with Crippen LogP contribution in [-0.2, 0) is 11.3 Å². The normalized spacial score (nSPS) is 15.3. The van der Waals surface area contributed by atoms with E-state index in [-0.39, 0.29) is 5.91 Å². The van der Waals surface area contributed by atoms with Gasteiger partial charge in [-0.2, -0.15) is 0 Å². The summed E-state index contributed by atoms with van der Waals surface area (Å²) in [7, 11) is 5.12. The van der Waals surface area contributed by atoms with Gasteiger partial charge >= 0.3 is 0 Å². The van der Waals surface area contributed by atoms with Gasteiger partial charge in [0.25, 0.3) is 0 Å². The van der Waals surface area contributed by atoms with Crippen molar-refractivity contribution in [2.45, 2.75) is 32.2 Å². The summed E-state index contributed by atoms with van der Waals surface area (Å²) in [6, 6.07) is 5.70. The number of rotatable bonds is 7. The van der Waals surface area contributed by atoms with E-state index in [1.807, 2.05) is 25.2 Å². The zero-order valence-electron chi connectivity index (χ0n) is 14.4. The van der Waals surface area contributed by atoms with Gasteiger partial charge in [0.1, 0.15) is 11.5 Å². The highest BCUT2D eigenvalue weighted by Gasteiger charge is 2.17. The molecule has 1 aromatic carbocycles. The number of carbonyl (C=O) groups is 1. The fourth-order valence-electron chi connectivity index (χ4n) is 3.02. The van der Waals surface area contributed by atoms with Crippen LogP contribution < -0.4 is 14.8 Å². The van der Waals surface area contributed by atoms with Crippen molar-refractivity contribution in [1.82, 2.24) is 10.2 Å². The minimum absolute atomic E-state index is 0.196. The van der Waals surface area contributed by atoms with Crippen LogP contribution in [0.1, 0.15) is 31.2 Å². The molecule has 5 nitrogen and oxygen atoms in total. The maximum atomic E-state index is 12.4. The van der Waals surface area contributed by atoms with E-state index in [2.05, 4.69) is 5.32 Å². The topological polar surface area (TPSA) is 50.8 Å². The summed E-state index contributed by atoms with van der Waals surface area (Å²) in [6.45, 7) is 2.72. The van der Waals surface area contributed by atoms with Crippen LogP contribution in [0.2, 0.25) is 0 Å². The van der Waals surface area contributed by atoms with Gasteiger partial charge < -0.3 is 19.7 Å². The lowest BCUT2D eigenvalue weighted by Gasteiger charge is -2.24. The highest BCUT2D eigenvalue weighted by atomic mass is 16.5. The van der Waals surface area contributed by atoms with Gasteiger partial charge in [0, 0.05) is 31.6 Å². The fourth-order valence-corrected chi connectivity index (χ4v) is 3.02. The lowest BCUT2D eigenvalue weighted by molar-refractivity contribution is -0.130. The number of methoxy groups -OCH3 is 2. The molecule has 0 spiro atoms. The lowest BCUT2D eigenvalue weighted by Crippen LogP contribution is -2.30. The van der Waals surface area contributed by atoms with Gasteiger partial charge in [-0.25, -0.2) is 0 Å². The molecule has 0 unspecified atom stereocenters. The Bertz CT molecular complexity index is 513. The molecule has 1 amide bonds. The van der Waals surface area contributed by atoms with E-state index >= 15 is 0 Å². The number of hydrogen-bond acceptors (Lipinski definition) is 4. The molecule has 0 aromatic heterocycles. The molecule has 1 N–H and O–H groups in total. The number of nitrogens with zero attached hydrogens (tertiary/aromatic N) is 1. The fraction of sp³-hybridized carbons (Fsp3) is 0.611. The first-order valence-electron chi connectivity index (χ1n) is 8.29. The lowest BCUT2D eigenvalue weighted by atomic mass is 9.93. The number of amides is 1. The van der Waals surface area contributed by atoms with E-state index in [9.17, 15) is 4.79 Å². The number of piperidine rings is 1. The summed E-state index contributed by atoms with van der Waals surface area (Å²) in [5, 5.41) is 3.36. The van der Waals surface area contributed by atoms with Crippen LogP contribution in [0.3, 0.4) is 0 Å². The molecule has 1 aromatic rings. The molecule has 0 aliphatic carbocycles. The van der Waals surface area contributed by atoms with Crippen molar-refractivity contribution < 1.29 is 14.3 Å². The molecule has 1 aliphatic heterocycles. The average molecular weight is 320 g/mol. The monoisotopic (exact) mass is 320 g/mol. The Morgan fingerprint density at radius 1 is 1.26 bits per heavy atom. The van der Waals surface area contributed by atoms with Crippen molar-refractivity contribution in [3.05, 3.63) is 23.8 Å². The number of benzene rings is 1. The van der Waals surface area contributed by atoms with E-state index in [4.69, 9.17) is 9.47 Å². The molecule has 23 heavy (non-hydrogen) atoms. The third-order valence-electron chi connectivity index (χ3n) is 4.55. The Labute approximate surface area is 139 Å². The Kier molecular flexibility index (Phi) is 6.71. The van der Waals surface area contributed by atoms with Crippen molar-refractivity contribution in [2.24, 2.45) is 5.92 Å². The highest BCUT2D eigenvalue weighted by Crippen LogP contribution is 2.26. The summed E-state index contributed by atoms with van der Waals surface area (Å²) < 4.78 is 10.6. The zero-order valence-corrected chi connectivity index (χ0v) is 14.4. The molecule has 1 heterocycles. The Morgan fingerprint density at radius 3 is 2.65 bits per heavy atom. The molecule has 0 atom stereocenters.